The number of allylic oxidation sites excluding steroid dienone is 4. The Morgan fingerprint density at radius 3 is 2.79 bits per heavy atom. The molecule has 9 nitrogen and oxygen atoms in total. The Balaban J connectivity index is 1.54. The third kappa shape index (κ3) is 3.72. The molecule has 1 saturated heterocycles. The molecular weight excluding hydrogens is 318 g/mol. The molecule has 2 heterocycles. The van der Waals surface area contributed by atoms with Crippen LogP contribution in [-0.2, 0) is 22.6 Å². The highest BCUT2D eigenvalue weighted by molar-refractivity contribution is 5.26. The van der Waals surface area contributed by atoms with Crippen LogP contribution in [0.5, 0.6) is 0 Å². The van der Waals surface area contributed by atoms with Crippen molar-refractivity contribution < 1.29 is 29.9 Å². The van der Waals surface area contributed by atoms with E-state index in [1.807, 2.05) is 12.2 Å². The van der Waals surface area contributed by atoms with E-state index in [0.29, 0.717) is 6.42 Å². The SMILES string of the molecule is OC[C@H]1O[C@@H](OCn2cc(CC3=CC=CC3)nn2)[C@H](O)[C@@H](O)[C@@H]1O. The van der Waals surface area contributed by atoms with E-state index in [1.54, 1.807) is 6.20 Å². The minimum atomic E-state index is -1.46. The van der Waals surface area contributed by atoms with Gasteiger partial charge in [-0.2, -0.15) is 0 Å². The van der Waals surface area contributed by atoms with Gasteiger partial charge in [0.05, 0.1) is 18.5 Å². The van der Waals surface area contributed by atoms with Gasteiger partial charge in [-0.1, -0.05) is 29.0 Å². The molecule has 9 heteroatoms. The molecule has 1 aliphatic heterocycles. The van der Waals surface area contributed by atoms with Crippen molar-refractivity contribution in [3.63, 3.8) is 0 Å². The second kappa shape index (κ2) is 7.51. The molecule has 0 radical (unpaired) electrons. The molecule has 1 aliphatic carbocycles. The summed E-state index contributed by atoms with van der Waals surface area (Å²) in [7, 11) is 0. The van der Waals surface area contributed by atoms with Crippen LogP contribution in [0.3, 0.4) is 0 Å². The van der Waals surface area contributed by atoms with Crippen LogP contribution in [0.25, 0.3) is 0 Å². The van der Waals surface area contributed by atoms with Crippen LogP contribution in [-0.4, -0.2) is 72.7 Å². The van der Waals surface area contributed by atoms with E-state index in [4.69, 9.17) is 14.6 Å². The molecular formula is C15H21N3O6. The Bertz CT molecular complexity index is 614. The van der Waals surface area contributed by atoms with Gasteiger partial charge >= 0.3 is 0 Å². The van der Waals surface area contributed by atoms with Crippen molar-refractivity contribution >= 4 is 0 Å². The third-order valence-corrected chi connectivity index (χ3v) is 4.06. The average molecular weight is 339 g/mol. The number of aliphatic hydroxyl groups is 4. The lowest BCUT2D eigenvalue weighted by Crippen LogP contribution is -2.59. The van der Waals surface area contributed by atoms with E-state index >= 15 is 0 Å². The van der Waals surface area contributed by atoms with Gasteiger partial charge in [-0.05, 0) is 6.42 Å². The van der Waals surface area contributed by atoms with Crippen molar-refractivity contribution in [1.29, 1.82) is 0 Å². The fourth-order valence-corrected chi connectivity index (χ4v) is 2.69. The number of ether oxygens (including phenoxy) is 2. The molecule has 0 saturated carbocycles. The summed E-state index contributed by atoms with van der Waals surface area (Å²) >= 11 is 0. The maximum absolute atomic E-state index is 9.89. The Labute approximate surface area is 138 Å². The molecule has 0 spiro atoms. The second-order valence-electron chi connectivity index (χ2n) is 5.88. The van der Waals surface area contributed by atoms with Crippen LogP contribution in [0.4, 0.5) is 0 Å². The van der Waals surface area contributed by atoms with Crippen LogP contribution in [0, 0.1) is 0 Å². The first-order valence-corrected chi connectivity index (χ1v) is 7.74. The number of rotatable bonds is 6. The lowest BCUT2D eigenvalue weighted by molar-refractivity contribution is -0.309. The fourth-order valence-electron chi connectivity index (χ4n) is 2.69. The van der Waals surface area contributed by atoms with Crippen LogP contribution in [0.15, 0.2) is 30.0 Å². The lowest BCUT2D eigenvalue weighted by atomic mass is 9.99. The van der Waals surface area contributed by atoms with Gasteiger partial charge in [-0.15, -0.1) is 5.10 Å². The quantitative estimate of drug-likeness (QED) is 0.492. The summed E-state index contributed by atoms with van der Waals surface area (Å²) in [5, 5.41) is 46.4. The zero-order valence-corrected chi connectivity index (χ0v) is 13.0. The molecule has 0 aromatic carbocycles. The average Bonchev–Trinajstić information content (AvgIpc) is 3.24. The van der Waals surface area contributed by atoms with Crippen molar-refractivity contribution in [2.24, 2.45) is 0 Å². The van der Waals surface area contributed by atoms with E-state index in [2.05, 4.69) is 16.4 Å². The Morgan fingerprint density at radius 1 is 1.25 bits per heavy atom. The largest absolute Gasteiger partial charge is 0.394 e. The predicted molar refractivity (Wildman–Crippen MR) is 80.4 cm³/mol. The minimum Gasteiger partial charge on any atom is -0.394 e. The van der Waals surface area contributed by atoms with Crippen molar-refractivity contribution in [2.45, 2.75) is 50.3 Å². The Kier molecular flexibility index (Phi) is 5.39. The number of aliphatic hydroxyl groups excluding tert-OH is 4. The van der Waals surface area contributed by atoms with E-state index < -0.39 is 37.3 Å². The summed E-state index contributed by atoms with van der Waals surface area (Å²) in [5.74, 6) is 0. The van der Waals surface area contributed by atoms with E-state index in [0.717, 1.165) is 12.1 Å². The summed E-state index contributed by atoms with van der Waals surface area (Å²) < 4.78 is 12.1. The van der Waals surface area contributed by atoms with Gasteiger partial charge in [0, 0.05) is 6.42 Å². The molecule has 1 aromatic rings. The molecule has 3 rings (SSSR count). The maximum atomic E-state index is 9.89. The first-order chi connectivity index (χ1) is 11.6. The fraction of sp³-hybridized carbons (Fsp3) is 0.600. The first kappa shape index (κ1) is 17.2. The molecule has 4 N–H and O–H groups in total. The van der Waals surface area contributed by atoms with Gasteiger partial charge in [0.2, 0.25) is 0 Å². The van der Waals surface area contributed by atoms with E-state index in [9.17, 15) is 15.3 Å². The molecule has 1 aromatic heterocycles. The van der Waals surface area contributed by atoms with Gasteiger partial charge in [0.15, 0.2) is 6.29 Å². The summed E-state index contributed by atoms with van der Waals surface area (Å²) in [6.45, 7) is -0.547. The number of hydrogen-bond acceptors (Lipinski definition) is 8. The van der Waals surface area contributed by atoms with Gasteiger partial charge in [-0.25, -0.2) is 4.68 Å². The first-order valence-electron chi connectivity index (χ1n) is 7.74. The normalized spacial score (nSPS) is 33.0. The van der Waals surface area contributed by atoms with Crippen LogP contribution < -0.4 is 0 Å². The van der Waals surface area contributed by atoms with Gasteiger partial charge in [0.25, 0.3) is 0 Å². The second-order valence-corrected chi connectivity index (χ2v) is 5.88. The summed E-state index contributed by atoms with van der Waals surface area (Å²) in [4.78, 5) is 0. The number of aromatic nitrogens is 3. The third-order valence-electron chi connectivity index (χ3n) is 4.06. The Hall–Kier alpha value is -1.62. The minimum absolute atomic E-state index is 0.0486. The molecule has 0 bridgehead atoms. The Morgan fingerprint density at radius 2 is 2.08 bits per heavy atom. The highest BCUT2D eigenvalue weighted by atomic mass is 16.7. The maximum Gasteiger partial charge on any atom is 0.188 e. The van der Waals surface area contributed by atoms with Crippen LogP contribution in [0.1, 0.15) is 12.1 Å². The molecule has 132 valence electrons. The topological polar surface area (TPSA) is 130 Å². The zero-order chi connectivity index (χ0) is 17.1. The lowest BCUT2D eigenvalue weighted by Gasteiger charge is -2.39. The summed E-state index contributed by atoms with van der Waals surface area (Å²) in [6, 6.07) is 0. The van der Waals surface area contributed by atoms with Crippen LogP contribution in [0.2, 0.25) is 0 Å². The highest BCUT2D eigenvalue weighted by Gasteiger charge is 2.44. The highest BCUT2D eigenvalue weighted by Crippen LogP contribution is 2.22. The molecule has 0 amide bonds. The summed E-state index contributed by atoms with van der Waals surface area (Å²) in [6.07, 6.45) is 2.97. The molecule has 2 aliphatic rings. The number of nitrogens with zero attached hydrogens (tertiary/aromatic N) is 3. The van der Waals surface area contributed by atoms with Crippen molar-refractivity contribution in [3.05, 3.63) is 35.7 Å². The predicted octanol–water partition coefficient (Wildman–Crippen LogP) is -1.52. The number of hydrogen-bond donors (Lipinski definition) is 4. The molecule has 24 heavy (non-hydrogen) atoms. The zero-order valence-electron chi connectivity index (χ0n) is 13.0. The van der Waals surface area contributed by atoms with Crippen LogP contribution >= 0.6 is 0 Å². The van der Waals surface area contributed by atoms with Gasteiger partial charge < -0.3 is 29.9 Å². The van der Waals surface area contributed by atoms with Gasteiger partial charge in [-0.3, -0.25) is 0 Å². The monoisotopic (exact) mass is 339 g/mol. The van der Waals surface area contributed by atoms with Gasteiger partial charge in [0.1, 0.15) is 31.1 Å². The van der Waals surface area contributed by atoms with E-state index in [-0.39, 0.29) is 6.73 Å². The van der Waals surface area contributed by atoms with Crippen molar-refractivity contribution in [1.82, 2.24) is 15.0 Å². The summed E-state index contributed by atoms with van der Waals surface area (Å²) in [5.41, 5.74) is 2.04. The smallest absolute Gasteiger partial charge is 0.188 e. The molecule has 5 atom stereocenters. The molecule has 1 fully saturated rings. The van der Waals surface area contributed by atoms with Crippen molar-refractivity contribution in [2.75, 3.05) is 6.61 Å². The standard InChI is InChI=1S/C15H21N3O6/c19-7-11-12(20)13(21)14(22)15(24-11)23-8-18-6-10(16-17-18)5-9-3-1-2-4-9/h1-3,6,11-15,19-22H,4-5,7-8H2/t11-,12-,13+,14-,15-/m1/s1. The van der Waals surface area contributed by atoms with E-state index in [1.165, 1.54) is 10.3 Å². The molecule has 0 unspecified atom stereocenters. The van der Waals surface area contributed by atoms with Crippen molar-refractivity contribution in [3.8, 4) is 0 Å².